The first-order chi connectivity index (χ1) is 11.6. The molecule has 0 bridgehead atoms. The molecule has 0 fully saturated rings. The third kappa shape index (κ3) is 2.94. The average Bonchev–Trinajstić information content (AvgIpc) is 3.06. The van der Waals surface area contributed by atoms with E-state index in [4.69, 9.17) is 9.47 Å². The summed E-state index contributed by atoms with van der Waals surface area (Å²) in [6.45, 7) is 0.382. The highest BCUT2D eigenvalue weighted by Gasteiger charge is 2.28. The van der Waals surface area contributed by atoms with Gasteiger partial charge in [0.25, 0.3) is 5.91 Å². The number of nitrogens with one attached hydrogen (secondary N) is 2. The highest BCUT2D eigenvalue weighted by Crippen LogP contribution is 2.32. The normalized spacial score (nSPS) is 11.9. The van der Waals surface area contributed by atoms with Gasteiger partial charge in [-0.15, -0.1) is 0 Å². The molecule has 124 valence electrons. The van der Waals surface area contributed by atoms with Gasteiger partial charge in [-0.2, -0.15) is 0 Å². The molecule has 0 aliphatic carbocycles. The van der Waals surface area contributed by atoms with Gasteiger partial charge in [0.15, 0.2) is 11.5 Å². The van der Waals surface area contributed by atoms with E-state index in [2.05, 4.69) is 10.6 Å². The van der Waals surface area contributed by atoms with Crippen LogP contribution in [0.25, 0.3) is 0 Å². The van der Waals surface area contributed by atoms with Crippen LogP contribution in [0.2, 0.25) is 0 Å². The van der Waals surface area contributed by atoms with E-state index in [0.29, 0.717) is 16.2 Å². The molecule has 2 amide bonds. The Morgan fingerprint density at radius 3 is 2.79 bits per heavy atom. The van der Waals surface area contributed by atoms with E-state index < -0.39 is 11.8 Å². The number of aromatic nitrogens is 1. The van der Waals surface area contributed by atoms with Crippen molar-refractivity contribution >= 4 is 11.8 Å². The average molecular weight is 330 g/mol. The van der Waals surface area contributed by atoms with Crippen molar-refractivity contribution in [2.45, 2.75) is 6.54 Å². The lowest BCUT2D eigenvalue weighted by Crippen LogP contribution is -2.44. The van der Waals surface area contributed by atoms with E-state index in [-0.39, 0.29) is 24.6 Å². The molecule has 3 rings (SSSR count). The fourth-order valence-electron chi connectivity index (χ4n) is 2.36. The van der Waals surface area contributed by atoms with Crippen LogP contribution in [0.3, 0.4) is 0 Å². The van der Waals surface area contributed by atoms with Crippen molar-refractivity contribution in [3.8, 4) is 11.5 Å². The lowest BCUT2D eigenvalue weighted by atomic mass is 10.1. The summed E-state index contributed by atoms with van der Waals surface area (Å²) < 4.78 is 11.1. The molecule has 3 N–H and O–H groups in total. The van der Waals surface area contributed by atoms with E-state index >= 15 is 0 Å². The number of fused-ring (bicyclic) bond motifs is 1. The molecule has 24 heavy (non-hydrogen) atoms. The first-order valence-electron chi connectivity index (χ1n) is 7.23. The molecule has 2 aromatic rings. The minimum Gasteiger partial charge on any atom is -0.454 e. The molecular weight excluding hydrogens is 314 g/mol. The number of hydrogen-bond acceptors (Lipinski definition) is 5. The molecule has 0 unspecified atom stereocenters. The molecule has 1 aliphatic heterocycles. The molecule has 2 heterocycles. The van der Waals surface area contributed by atoms with Crippen molar-refractivity contribution in [3.63, 3.8) is 0 Å². The Balaban J connectivity index is 1.77. The quantitative estimate of drug-likeness (QED) is 0.550. The number of carbonyl (C=O) groups excluding carboxylic acids is 2. The van der Waals surface area contributed by atoms with Crippen LogP contribution in [0.5, 0.6) is 11.5 Å². The van der Waals surface area contributed by atoms with E-state index in [0.717, 1.165) is 5.56 Å². The second-order valence-electron chi connectivity index (χ2n) is 5.06. The number of hydrogen-bond donors (Lipinski definition) is 3. The standard InChI is InChI=1S/C16H15N3O5/c1-17-15(20)11-3-2-6-19(22)14(11)16(21)18-8-10-4-5-12-13(7-10)24-9-23-12/h2-7H,8-9H2,1H3,(H2-,17,18,20,21,22)/p+1. The Morgan fingerprint density at radius 1 is 1.21 bits per heavy atom. The van der Waals surface area contributed by atoms with Crippen LogP contribution in [0.15, 0.2) is 36.5 Å². The summed E-state index contributed by atoms with van der Waals surface area (Å²) in [5.74, 6) is 0.231. The Labute approximate surface area is 137 Å². The van der Waals surface area contributed by atoms with Gasteiger partial charge >= 0.3 is 11.6 Å². The maximum atomic E-state index is 12.4. The maximum Gasteiger partial charge on any atom is 0.334 e. The zero-order valence-corrected chi connectivity index (χ0v) is 12.9. The Morgan fingerprint density at radius 2 is 2.00 bits per heavy atom. The van der Waals surface area contributed by atoms with Crippen molar-refractivity contribution in [2.75, 3.05) is 13.8 Å². The predicted octanol–water partition coefficient (Wildman–Crippen LogP) is 0.230. The second kappa shape index (κ2) is 6.45. The molecule has 0 spiro atoms. The first kappa shape index (κ1) is 15.6. The smallest absolute Gasteiger partial charge is 0.334 e. The summed E-state index contributed by atoms with van der Waals surface area (Å²) in [7, 11) is 1.45. The van der Waals surface area contributed by atoms with Crippen LogP contribution < -0.4 is 24.8 Å². The molecule has 0 radical (unpaired) electrons. The van der Waals surface area contributed by atoms with E-state index in [1.807, 2.05) is 0 Å². The van der Waals surface area contributed by atoms with Crippen molar-refractivity contribution < 1.29 is 29.0 Å². The zero-order chi connectivity index (χ0) is 17.1. The number of amides is 2. The number of pyridine rings is 1. The molecule has 0 atom stereocenters. The van der Waals surface area contributed by atoms with Gasteiger partial charge in [0.05, 0.1) is 0 Å². The molecule has 1 aromatic carbocycles. The highest BCUT2D eigenvalue weighted by molar-refractivity contribution is 6.04. The summed E-state index contributed by atoms with van der Waals surface area (Å²) in [4.78, 5) is 24.2. The van der Waals surface area contributed by atoms with Gasteiger partial charge < -0.3 is 20.1 Å². The van der Waals surface area contributed by atoms with Crippen LogP contribution in [0.4, 0.5) is 0 Å². The van der Waals surface area contributed by atoms with Gasteiger partial charge in [0.2, 0.25) is 13.0 Å². The third-order valence-electron chi connectivity index (χ3n) is 3.55. The molecule has 0 saturated carbocycles. The number of carbonyl (C=O) groups is 2. The second-order valence-corrected chi connectivity index (χ2v) is 5.06. The van der Waals surface area contributed by atoms with Crippen LogP contribution in [0, 0.1) is 0 Å². The van der Waals surface area contributed by atoms with Crippen LogP contribution in [0.1, 0.15) is 26.4 Å². The Kier molecular flexibility index (Phi) is 4.19. The molecule has 8 nitrogen and oxygen atoms in total. The summed E-state index contributed by atoms with van der Waals surface area (Å²) in [6, 6.07) is 8.25. The van der Waals surface area contributed by atoms with Crippen molar-refractivity contribution in [2.24, 2.45) is 0 Å². The van der Waals surface area contributed by atoms with Crippen LogP contribution >= 0.6 is 0 Å². The van der Waals surface area contributed by atoms with Gasteiger partial charge in [-0.05, 0) is 23.8 Å². The first-order valence-corrected chi connectivity index (χ1v) is 7.23. The summed E-state index contributed by atoms with van der Waals surface area (Å²) in [5.41, 5.74) is 0.734. The largest absolute Gasteiger partial charge is 0.454 e. The predicted molar refractivity (Wildman–Crippen MR) is 80.9 cm³/mol. The van der Waals surface area contributed by atoms with Gasteiger partial charge in [-0.3, -0.25) is 14.8 Å². The van der Waals surface area contributed by atoms with Crippen molar-refractivity contribution in [1.82, 2.24) is 10.6 Å². The molecule has 8 heteroatoms. The number of benzene rings is 1. The fraction of sp³-hybridized carbons (Fsp3) is 0.188. The Hall–Kier alpha value is -3.29. The lowest BCUT2D eigenvalue weighted by Gasteiger charge is -2.06. The number of nitrogens with zero attached hydrogens (tertiary/aromatic N) is 1. The van der Waals surface area contributed by atoms with Gasteiger partial charge in [-0.1, -0.05) is 6.07 Å². The minimum absolute atomic E-state index is 0.0747. The lowest BCUT2D eigenvalue weighted by molar-refractivity contribution is -0.906. The molecular formula is C16H16N3O5+. The van der Waals surface area contributed by atoms with Gasteiger partial charge in [0.1, 0.15) is 5.56 Å². The molecule has 0 saturated heterocycles. The van der Waals surface area contributed by atoms with Gasteiger partial charge in [0, 0.05) is 24.4 Å². The van der Waals surface area contributed by atoms with Crippen molar-refractivity contribution in [3.05, 3.63) is 53.3 Å². The van der Waals surface area contributed by atoms with Crippen molar-refractivity contribution in [1.29, 1.82) is 0 Å². The monoisotopic (exact) mass is 330 g/mol. The number of ether oxygens (including phenoxy) is 2. The minimum atomic E-state index is -0.575. The van der Waals surface area contributed by atoms with Crippen LogP contribution in [-0.4, -0.2) is 30.9 Å². The van der Waals surface area contributed by atoms with E-state index in [1.165, 1.54) is 25.4 Å². The third-order valence-corrected chi connectivity index (χ3v) is 3.55. The summed E-state index contributed by atoms with van der Waals surface area (Å²) in [6.07, 6.45) is 1.28. The number of rotatable bonds is 4. The molecule has 1 aromatic heterocycles. The van der Waals surface area contributed by atoms with Crippen LogP contribution in [-0.2, 0) is 6.54 Å². The Bertz CT molecular complexity index is 806. The van der Waals surface area contributed by atoms with E-state index in [9.17, 15) is 14.8 Å². The SMILES string of the molecule is CNC(=O)c1ccc[n+](O)c1C(=O)NCc1ccc2c(c1)OCO2. The summed E-state index contributed by atoms with van der Waals surface area (Å²) in [5, 5.41) is 15.0. The molecule has 1 aliphatic rings. The summed E-state index contributed by atoms with van der Waals surface area (Å²) >= 11 is 0. The topological polar surface area (TPSA) is 101 Å². The van der Waals surface area contributed by atoms with E-state index in [1.54, 1.807) is 18.2 Å². The highest BCUT2D eigenvalue weighted by atomic mass is 16.7. The van der Waals surface area contributed by atoms with Gasteiger partial charge in [-0.25, -0.2) is 0 Å². The fourth-order valence-corrected chi connectivity index (χ4v) is 2.36. The maximum absolute atomic E-state index is 12.4. The zero-order valence-electron chi connectivity index (χ0n) is 12.9.